The summed E-state index contributed by atoms with van der Waals surface area (Å²) in [7, 11) is 0. The second kappa shape index (κ2) is 10.0. The molecule has 0 saturated heterocycles. The molecule has 0 amide bonds. The van der Waals surface area contributed by atoms with Crippen molar-refractivity contribution in [2.75, 3.05) is 6.61 Å². The van der Waals surface area contributed by atoms with Gasteiger partial charge in [0.05, 0.1) is 0 Å². The van der Waals surface area contributed by atoms with Crippen molar-refractivity contribution in [2.24, 2.45) is 4.99 Å². The van der Waals surface area contributed by atoms with Crippen LogP contribution in [0.25, 0.3) is 0 Å². The molecule has 0 aromatic heterocycles. The predicted octanol–water partition coefficient (Wildman–Crippen LogP) is 5.03. The average Bonchev–Trinajstić information content (AvgIpc) is 2.43. The van der Waals surface area contributed by atoms with E-state index in [1.807, 2.05) is 0 Å². The molecule has 0 N–H and O–H groups in total. The van der Waals surface area contributed by atoms with Gasteiger partial charge in [-0.3, -0.25) is 0 Å². The van der Waals surface area contributed by atoms with E-state index in [1.165, 1.54) is 35.7 Å². The zero-order chi connectivity index (χ0) is 14.8. The van der Waals surface area contributed by atoms with Crippen molar-refractivity contribution in [3.8, 4) is 0 Å². The predicted molar refractivity (Wildman–Crippen MR) is 89.3 cm³/mol. The molecule has 20 heavy (non-hydrogen) atoms. The van der Waals surface area contributed by atoms with E-state index in [9.17, 15) is 0 Å². The number of aliphatic imine (C=N–C) groups is 1. The minimum atomic E-state index is 0.360. The first kappa shape index (κ1) is 17.3. The summed E-state index contributed by atoms with van der Waals surface area (Å²) in [5.41, 5.74) is 3.55. The molecule has 1 aromatic carbocycles. The van der Waals surface area contributed by atoms with Crippen molar-refractivity contribution in [3.05, 3.63) is 29.3 Å². The Hall–Kier alpha value is -0.791. The van der Waals surface area contributed by atoms with E-state index in [0.717, 1.165) is 23.5 Å². The molecule has 0 aliphatic heterocycles. The van der Waals surface area contributed by atoms with Gasteiger partial charge >= 0.3 is 130 Å². The van der Waals surface area contributed by atoms with Gasteiger partial charge < -0.3 is 0 Å². The molecule has 1 rings (SSSR count). The van der Waals surface area contributed by atoms with Gasteiger partial charge in [0.1, 0.15) is 0 Å². The fraction of sp³-hybridized carbons (Fsp3) is 0.588. The van der Waals surface area contributed by atoms with E-state index < -0.39 is 0 Å². The Morgan fingerprint density at radius 1 is 1.10 bits per heavy atom. The number of para-hydroxylation sites is 1. The standard InChI is InChI=1S/C17H27NOSe/c1-5-7-12-19-17(20-13-8-6-2)18-16-14(3)10-9-11-15(16)4/h9-11H,5-8,12-13H2,1-4H3. The van der Waals surface area contributed by atoms with E-state index in [-0.39, 0.29) is 0 Å². The van der Waals surface area contributed by atoms with E-state index in [4.69, 9.17) is 9.73 Å². The summed E-state index contributed by atoms with van der Waals surface area (Å²) in [5.74, 6) is 0. The quantitative estimate of drug-likeness (QED) is 0.281. The van der Waals surface area contributed by atoms with Crippen LogP contribution in [-0.4, -0.2) is 26.4 Å². The molecule has 0 saturated carbocycles. The van der Waals surface area contributed by atoms with Crippen molar-refractivity contribution in [1.29, 1.82) is 0 Å². The zero-order valence-electron chi connectivity index (χ0n) is 13.2. The van der Waals surface area contributed by atoms with Crippen LogP contribution in [0.4, 0.5) is 5.69 Å². The summed E-state index contributed by atoms with van der Waals surface area (Å²) >= 11 is 0.360. The van der Waals surface area contributed by atoms with Crippen molar-refractivity contribution in [1.82, 2.24) is 0 Å². The van der Waals surface area contributed by atoms with E-state index in [0.29, 0.717) is 15.0 Å². The first-order valence-electron chi connectivity index (χ1n) is 7.59. The van der Waals surface area contributed by atoms with Crippen molar-refractivity contribution < 1.29 is 4.74 Å². The van der Waals surface area contributed by atoms with Crippen molar-refractivity contribution in [3.63, 3.8) is 0 Å². The number of aryl methyl sites for hydroxylation is 2. The number of unbranched alkanes of at least 4 members (excludes halogenated alkanes) is 2. The number of ether oxygens (including phenoxy) is 1. The Morgan fingerprint density at radius 3 is 2.35 bits per heavy atom. The number of hydrogen-bond acceptors (Lipinski definition) is 2. The van der Waals surface area contributed by atoms with Gasteiger partial charge in [-0.05, 0) is 0 Å². The molecule has 0 radical (unpaired) electrons. The third-order valence-electron chi connectivity index (χ3n) is 3.09. The first-order valence-corrected chi connectivity index (χ1v) is 9.66. The normalized spacial score (nSPS) is 11.7. The maximum atomic E-state index is 5.92. The number of benzene rings is 1. The Balaban J connectivity index is 2.81. The molecule has 0 bridgehead atoms. The molecule has 0 fully saturated rings. The summed E-state index contributed by atoms with van der Waals surface area (Å²) in [4.78, 5) is 5.79. The SMILES string of the molecule is CCCCOC(=Nc1c(C)cccc1C)[Se]CCCC. The summed E-state index contributed by atoms with van der Waals surface area (Å²) in [6, 6.07) is 6.33. The minimum absolute atomic E-state index is 0.360. The number of hydrogen-bond donors (Lipinski definition) is 0. The average molecular weight is 340 g/mol. The number of nitrogens with zero attached hydrogens (tertiary/aromatic N) is 1. The van der Waals surface area contributed by atoms with Crippen LogP contribution in [0.15, 0.2) is 23.2 Å². The van der Waals surface area contributed by atoms with Crippen LogP contribution in [-0.2, 0) is 4.74 Å². The van der Waals surface area contributed by atoms with Crippen LogP contribution < -0.4 is 0 Å². The molecule has 0 atom stereocenters. The molecule has 112 valence electrons. The Morgan fingerprint density at radius 2 is 1.75 bits per heavy atom. The van der Waals surface area contributed by atoms with Crippen LogP contribution in [0.2, 0.25) is 5.32 Å². The van der Waals surface area contributed by atoms with Crippen LogP contribution in [0.3, 0.4) is 0 Å². The van der Waals surface area contributed by atoms with Gasteiger partial charge in [0, 0.05) is 0 Å². The molecular formula is C17H27NOSe. The van der Waals surface area contributed by atoms with Crippen LogP contribution >= 0.6 is 0 Å². The van der Waals surface area contributed by atoms with E-state index >= 15 is 0 Å². The van der Waals surface area contributed by atoms with Crippen molar-refractivity contribution in [2.45, 2.75) is 58.7 Å². The summed E-state index contributed by atoms with van der Waals surface area (Å²) < 4.78 is 5.92. The van der Waals surface area contributed by atoms with E-state index in [2.05, 4.69) is 45.9 Å². The molecule has 0 heterocycles. The Labute approximate surface area is 130 Å². The van der Waals surface area contributed by atoms with Gasteiger partial charge in [-0.2, -0.15) is 0 Å². The maximum absolute atomic E-state index is 5.92. The topological polar surface area (TPSA) is 21.6 Å². The van der Waals surface area contributed by atoms with Gasteiger partial charge in [-0.15, -0.1) is 0 Å². The molecule has 0 unspecified atom stereocenters. The molecule has 0 aliphatic carbocycles. The van der Waals surface area contributed by atoms with Gasteiger partial charge in [-0.25, -0.2) is 0 Å². The Kier molecular flexibility index (Phi) is 8.64. The van der Waals surface area contributed by atoms with Crippen molar-refractivity contribution >= 4 is 25.4 Å². The molecule has 0 spiro atoms. The summed E-state index contributed by atoms with van der Waals surface area (Å²) in [6.45, 7) is 9.46. The molecule has 2 nitrogen and oxygen atoms in total. The second-order valence-corrected chi connectivity index (χ2v) is 7.22. The first-order chi connectivity index (χ1) is 9.69. The van der Waals surface area contributed by atoms with Crippen LogP contribution in [0.5, 0.6) is 0 Å². The van der Waals surface area contributed by atoms with E-state index in [1.54, 1.807) is 0 Å². The molecule has 1 aromatic rings. The molecular weight excluding hydrogens is 313 g/mol. The molecule has 3 heteroatoms. The van der Waals surface area contributed by atoms with Gasteiger partial charge in [0.25, 0.3) is 0 Å². The van der Waals surface area contributed by atoms with Crippen LogP contribution in [0, 0.1) is 13.8 Å². The summed E-state index contributed by atoms with van der Waals surface area (Å²) in [5, 5.41) is 1.22. The summed E-state index contributed by atoms with van der Waals surface area (Å²) in [6.07, 6.45) is 4.78. The molecule has 0 aliphatic rings. The van der Waals surface area contributed by atoms with Crippen LogP contribution in [0.1, 0.15) is 50.7 Å². The fourth-order valence-electron chi connectivity index (χ4n) is 1.79. The van der Waals surface area contributed by atoms with Gasteiger partial charge in [0.15, 0.2) is 0 Å². The zero-order valence-corrected chi connectivity index (χ0v) is 15.0. The third kappa shape index (κ3) is 6.11. The van der Waals surface area contributed by atoms with Gasteiger partial charge in [-0.1, -0.05) is 0 Å². The monoisotopic (exact) mass is 341 g/mol. The fourth-order valence-corrected chi connectivity index (χ4v) is 3.74. The Bertz CT molecular complexity index is 397. The van der Waals surface area contributed by atoms with Gasteiger partial charge in [0.2, 0.25) is 0 Å². The number of rotatable bonds is 8. The third-order valence-corrected chi connectivity index (χ3v) is 5.08. The second-order valence-electron chi connectivity index (χ2n) is 5.02.